The van der Waals surface area contributed by atoms with Crippen LogP contribution in [-0.4, -0.2) is 35.7 Å². The number of pyridine rings is 1. The predicted octanol–water partition coefficient (Wildman–Crippen LogP) is 9.46. The Morgan fingerprint density at radius 1 is 1.07 bits per heavy atom. The highest BCUT2D eigenvalue weighted by molar-refractivity contribution is 9.10. The van der Waals surface area contributed by atoms with Crippen molar-refractivity contribution in [3.63, 3.8) is 0 Å². The fourth-order valence-electron chi connectivity index (χ4n) is 5.20. The number of amides is 1. The zero-order valence-electron chi connectivity index (χ0n) is 23.6. The maximum atomic E-state index is 13.4. The van der Waals surface area contributed by atoms with Crippen LogP contribution in [0.15, 0.2) is 40.5 Å². The number of hydrogen-bond donors (Lipinski definition) is 0. The Bertz CT molecular complexity index is 1270. The molecule has 0 radical (unpaired) electrons. The number of rotatable bonds is 5. The van der Waals surface area contributed by atoms with Crippen molar-refractivity contribution in [2.45, 2.75) is 78.4 Å². The van der Waals surface area contributed by atoms with Gasteiger partial charge in [0, 0.05) is 22.8 Å². The van der Waals surface area contributed by atoms with Crippen LogP contribution in [0.25, 0.3) is 5.57 Å². The Labute approximate surface area is 244 Å². The molecule has 226 valence electrons. The van der Waals surface area contributed by atoms with E-state index in [2.05, 4.69) is 34.8 Å². The second kappa shape index (κ2) is 12.2. The van der Waals surface area contributed by atoms with Gasteiger partial charge in [0.25, 0.3) is 0 Å². The summed E-state index contributed by atoms with van der Waals surface area (Å²) in [5, 5.41) is 0. The maximum Gasteiger partial charge on any atom is 0.416 e. The van der Waals surface area contributed by atoms with Crippen LogP contribution in [0.3, 0.4) is 0 Å². The van der Waals surface area contributed by atoms with Gasteiger partial charge in [0.05, 0.1) is 24.3 Å². The Balaban J connectivity index is 0.00000226. The van der Waals surface area contributed by atoms with Gasteiger partial charge in [0.1, 0.15) is 6.10 Å². The minimum Gasteiger partial charge on any atom is -0.481 e. The lowest BCUT2D eigenvalue weighted by Gasteiger charge is -2.35. The first-order chi connectivity index (χ1) is 19.0. The molecular weight excluding hydrogens is 618 g/mol. The highest BCUT2D eigenvalue weighted by Gasteiger charge is 2.44. The third-order valence-electron chi connectivity index (χ3n) is 7.20. The number of allylic oxidation sites excluding steroid dienone is 1. The van der Waals surface area contributed by atoms with Crippen LogP contribution in [0, 0.1) is 5.41 Å². The number of aromatic nitrogens is 1. The van der Waals surface area contributed by atoms with Gasteiger partial charge < -0.3 is 9.47 Å². The summed E-state index contributed by atoms with van der Waals surface area (Å²) >= 11 is 3.43. The Hall–Kier alpha value is -2.76. The van der Waals surface area contributed by atoms with E-state index >= 15 is 0 Å². The van der Waals surface area contributed by atoms with Crippen molar-refractivity contribution in [1.29, 1.82) is 0 Å². The number of benzene rings is 1. The summed E-state index contributed by atoms with van der Waals surface area (Å²) in [6, 6.07) is 2.32. The van der Waals surface area contributed by atoms with Crippen LogP contribution < -0.4 is 4.74 Å². The van der Waals surface area contributed by atoms with E-state index in [1.807, 2.05) is 19.9 Å². The number of carbonyl (C=O) groups excluding carboxylic acids is 1. The van der Waals surface area contributed by atoms with E-state index in [9.17, 15) is 31.1 Å². The van der Waals surface area contributed by atoms with E-state index in [4.69, 9.17) is 9.47 Å². The van der Waals surface area contributed by atoms with Crippen molar-refractivity contribution in [3.05, 3.63) is 62.8 Å². The summed E-state index contributed by atoms with van der Waals surface area (Å²) in [6.07, 6.45) is -8.41. The third-order valence-corrected chi connectivity index (χ3v) is 7.63. The van der Waals surface area contributed by atoms with Crippen molar-refractivity contribution >= 4 is 27.6 Å². The van der Waals surface area contributed by atoms with Crippen molar-refractivity contribution in [2.75, 3.05) is 13.7 Å². The molecule has 5 nitrogen and oxygen atoms in total. The van der Waals surface area contributed by atoms with Gasteiger partial charge in [-0.15, -0.1) is 0 Å². The van der Waals surface area contributed by atoms with Crippen LogP contribution in [-0.2, 0) is 17.1 Å². The Morgan fingerprint density at radius 2 is 1.66 bits per heavy atom. The number of methoxy groups -OCH3 is 1. The van der Waals surface area contributed by atoms with E-state index in [1.165, 1.54) is 12.0 Å². The van der Waals surface area contributed by atoms with Gasteiger partial charge in [-0.05, 0) is 88.5 Å². The highest BCUT2D eigenvalue weighted by Crippen LogP contribution is 2.46. The molecular formula is C29H33BrF6N2O3. The van der Waals surface area contributed by atoms with Gasteiger partial charge in [-0.25, -0.2) is 9.78 Å². The standard InChI is InChI=1S/C27H27BrF6N2O3.C2H6/c1-14-22(15-7-17(26(29,30)31)9-18(8-15)27(32,33)34)39-24(37)36(14)13-16-11-25(2,3)6-5-20(16)21-10-19(28)12-35-23(21)38-4;1-2/h7-10,12,14,22H,5-6,11,13H2,1-4H3;1-2H3. The van der Waals surface area contributed by atoms with E-state index in [-0.39, 0.29) is 23.6 Å². The zero-order chi connectivity index (χ0) is 30.9. The molecule has 2 unspecified atom stereocenters. The van der Waals surface area contributed by atoms with Crippen molar-refractivity contribution < 1.29 is 40.6 Å². The molecule has 2 aliphatic rings. The second-order valence-corrected chi connectivity index (χ2v) is 11.6. The summed E-state index contributed by atoms with van der Waals surface area (Å²) in [7, 11) is 1.50. The average molecular weight is 651 g/mol. The second-order valence-electron chi connectivity index (χ2n) is 10.6. The molecule has 41 heavy (non-hydrogen) atoms. The molecule has 1 aromatic carbocycles. The zero-order valence-corrected chi connectivity index (χ0v) is 25.2. The molecule has 2 aromatic rings. The molecule has 0 spiro atoms. The van der Waals surface area contributed by atoms with Crippen LogP contribution in [0.4, 0.5) is 31.1 Å². The summed E-state index contributed by atoms with van der Waals surface area (Å²) in [6.45, 7) is 9.83. The van der Waals surface area contributed by atoms with Gasteiger partial charge in [-0.3, -0.25) is 4.90 Å². The molecule has 2 heterocycles. The Kier molecular flexibility index (Phi) is 9.77. The van der Waals surface area contributed by atoms with E-state index in [0.717, 1.165) is 27.6 Å². The van der Waals surface area contributed by atoms with E-state index < -0.39 is 41.7 Å². The Morgan fingerprint density at radius 3 is 2.20 bits per heavy atom. The molecule has 1 aliphatic heterocycles. The topological polar surface area (TPSA) is 51.7 Å². The monoisotopic (exact) mass is 650 g/mol. The summed E-state index contributed by atoms with van der Waals surface area (Å²) in [5.41, 5.74) is -0.792. The first-order valence-corrected chi connectivity index (χ1v) is 14.0. The van der Waals surface area contributed by atoms with Gasteiger partial charge >= 0.3 is 18.4 Å². The first-order valence-electron chi connectivity index (χ1n) is 13.2. The van der Waals surface area contributed by atoms with Crippen LogP contribution in [0.1, 0.15) is 82.2 Å². The maximum absolute atomic E-state index is 13.4. The first kappa shape index (κ1) is 32.8. The molecule has 1 aromatic heterocycles. The quantitative estimate of drug-likeness (QED) is 0.303. The number of nitrogens with zero attached hydrogens (tertiary/aromatic N) is 2. The molecule has 0 bridgehead atoms. The minimum atomic E-state index is -5.01. The number of hydrogen-bond acceptors (Lipinski definition) is 4. The van der Waals surface area contributed by atoms with Gasteiger partial charge in [0.2, 0.25) is 5.88 Å². The van der Waals surface area contributed by atoms with Crippen molar-refractivity contribution in [1.82, 2.24) is 9.88 Å². The highest BCUT2D eigenvalue weighted by atomic mass is 79.9. The van der Waals surface area contributed by atoms with Crippen LogP contribution >= 0.6 is 15.9 Å². The molecule has 2 atom stereocenters. The van der Waals surface area contributed by atoms with E-state index in [0.29, 0.717) is 30.9 Å². The van der Waals surface area contributed by atoms with Crippen molar-refractivity contribution in [3.8, 4) is 5.88 Å². The SMILES string of the molecule is CC.COc1ncc(Br)cc1C1=C(CN2C(=O)OC(c3cc(C(F)(F)F)cc(C(F)(F)F)c3)C2C)CC(C)(C)CC1. The lowest BCUT2D eigenvalue weighted by atomic mass is 9.73. The van der Waals surface area contributed by atoms with E-state index in [1.54, 1.807) is 13.1 Å². The third kappa shape index (κ3) is 7.37. The number of ether oxygens (including phenoxy) is 2. The molecule has 1 amide bonds. The van der Waals surface area contributed by atoms with Crippen LogP contribution in [0.5, 0.6) is 5.88 Å². The average Bonchev–Trinajstić information content (AvgIpc) is 3.16. The summed E-state index contributed by atoms with van der Waals surface area (Å²) in [4.78, 5) is 18.7. The number of halogens is 7. The smallest absolute Gasteiger partial charge is 0.416 e. The molecule has 4 rings (SSSR count). The summed E-state index contributed by atoms with van der Waals surface area (Å²) < 4.78 is 92.2. The molecule has 1 fully saturated rings. The fourth-order valence-corrected chi connectivity index (χ4v) is 5.53. The molecule has 1 aliphatic carbocycles. The van der Waals surface area contributed by atoms with Gasteiger partial charge in [0.15, 0.2) is 0 Å². The lowest BCUT2D eigenvalue weighted by Crippen LogP contribution is -2.35. The minimum absolute atomic E-state index is 0.0588. The number of alkyl halides is 6. The molecule has 0 saturated carbocycles. The van der Waals surface area contributed by atoms with Crippen LogP contribution in [0.2, 0.25) is 0 Å². The van der Waals surface area contributed by atoms with Crippen molar-refractivity contribution in [2.24, 2.45) is 5.41 Å². The fraction of sp³-hybridized carbons (Fsp3) is 0.517. The normalized spacial score (nSPS) is 20.9. The summed E-state index contributed by atoms with van der Waals surface area (Å²) in [5.74, 6) is 0.406. The van der Waals surface area contributed by atoms with Gasteiger partial charge in [-0.1, -0.05) is 27.7 Å². The predicted molar refractivity (Wildman–Crippen MR) is 146 cm³/mol. The number of carbonyl (C=O) groups is 1. The lowest BCUT2D eigenvalue weighted by molar-refractivity contribution is -0.143. The molecule has 12 heteroatoms. The molecule has 1 saturated heterocycles. The largest absolute Gasteiger partial charge is 0.481 e. The number of cyclic esters (lactones) is 1. The molecule has 0 N–H and O–H groups in total. The van der Waals surface area contributed by atoms with Gasteiger partial charge in [-0.2, -0.15) is 26.3 Å².